The minimum Gasteiger partial charge on any atom is -0.497 e. The summed E-state index contributed by atoms with van der Waals surface area (Å²) in [4.78, 5) is 21.7. The molecule has 0 bridgehead atoms. The second-order valence-electron chi connectivity index (χ2n) is 6.41. The van der Waals surface area contributed by atoms with Gasteiger partial charge in [0.05, 0.1) is 37.9 Å². The lowest BCUT2D eigenvalue weighted by atomic mass is 10.1. The minimum atomic E-state index is -0.226. The zero-order valence-electron chi connectivity index (χ0n) is 17.6. The number of methoxy groups -OCH3 is 2. The molecule has 9 nitrogen and oxygen atoms in total. The molecule has 0 saturated heterocycles. The maximum absolute atomic E-state index is 12.6. The van der Waals surface area contributed by atoms with Crippen LogP contribution in [0.2, 0.25) is 0 Å². The van der Waals surface area contributed by atoms with Gasteiger partial charge in [0.2, 0.25) is 0 Å². The lowest BCUT2D eigenvalue weighted by Crippen LogP contribution is -2.28. The van der Waals surface area contributed by atoms with E-state index in [9.17, 15) is 4.79 Å². The van der Waals surface area contributed by atoms with Crippen LogP contribution < -0.4 is 20.1 Å². The normalized spacial score (nSPS) is 10.8. The van der Waals surface area contributed by atoms with Crippen molar-refractivity contribution in [3.05, 3.63) is 30.0 Å². The van der Waals surface area contributed by atoms with E-state index in [4.69, 9.17) is 9.47 Å². The van der Waals surface area contributed by atoms with Crippen LogP contribution in [-0.4, -0.2) is 59.2 Å². The Morgan fingerprint density at radius 1 is 1.20 bits per heavy atom. The number of ether oxygens (including phenoxy) is 2. The van der Waals surface area contributed by atoms with E-state index in [0.717, 1.165) is 29.8 Å². The largest absolute Gasteiger partial charge is 0.497 e. The van der Waals surface area contributed by atoms with Crippen molar-refractivity contribution in [2.24, 2.45) is 0 Å². The SMILES string of the molecule is CCCNc1nc(SC)nc2c1cnn2CCNC(=O)c1ccc(OC)cc1OC. The zero-order valence-corrected chi connectivity index (χ0v) is 18.4. The molecule has 160 valence electrons. The molecule has 0 aliphatic rings. The zero-order chi connectivity index (χ0) is 21.5. The van der Waals surface area contributed by atoms with Gasteiger partial charge in [-0.05, 0) is 24.8 Å². The van der Waals surface area contributed by atoms with E-state index in [2.05, 4.69) is 32.6 Å². The number of aromatic nitrogens is 4. The summed E-state index contributed by atoms with van der Waals surface area (Å²) in [5.41, 5.74) is 1.19. The number of hydrogen-bond donors (Lipinski definition) is 2. The molecule has 0 fully saturated rings. The molecule has 1 amide bonds. The lowest BCUT2D eigenvalue weighted by Gasteiger charge is -2.11. The van der Waals surface area contributed by atoms with Gasteiger partial charge in [-0.1, -0.05) is 18.7 Å². The molecule has 2 N–H and O–H groups in total. The molecule has 2 heterocycles. The average molecular weight is 431 g/mol. The van der Waals surface area contributed by atoms with Gasteiger partial charge in [-0.3, -0.25) is 4.79 Å². The highest BCUT2D eigenvalue weighted by Gasteiger charge is 2.15. The van der Waals surface area contributed by atoms with Crippen molar-refractivity contribution in [3.63, 3.8) is 0 Å². The third kappa shape index (κ3) is 4.76. The smallest absolute Gasteiger partial charge is 0.255 e. The van der Waals surface area contributed by atoms with Gasteiger partial charge in [0.15, 0.2) is 10.8 Å². The molecule has 0 saturated carbocycles. The Labute approximate surface area is 179 Å². The Morgan fingerprint density at radius 2 is 2.03 bits per heavy atom. The fourth-order valence-corrected chi connectivity index (χ4v) is 3.29. The first kappa shape index (κ1) is 21.7. The number of rotatable bonds is 10. The van der Waals surface area contributed by atoms with Gasteiger partial charge in [-0.25, -0.2) is 14.6 Å². The molecular formula is C20H26N6O3S. The second kappa shape index (κ2) is 10.1. The van der Waals surface area contributed by atoms with Crippen molar-refractivity contribution in [3.8, 4) is 11.5 Å². The van der Waals surface area contributed by atoms with Crippen molar-refractivity contribution in [1.29, 1.82) is 0 Å². The Bertz CT molecular complexity index is 1020. The van der Waals surface area contributed by atoms with E-state index in [0.29, 0.717) is 35.3 Å². The number of carbonyl (C=O) groups excluding carboxylic acids is 1. The molecular weight excluding hydrogens is 404 g/mol. The number of hydrogen-bond acceptors (Lipinski definition) is 8. The third-order valence-corrected chi connectivity index (χ3v) is 5.01. The first-order valence-electron chi connectivity index (χ1n) is 9.62. The number of carbonyl (C=O) groups is 1. The Balaban J connectivity index is 1.72. The molecule has 3 rings (SSSR count). The summed E-state index contributed by atoms with van der Waals surface area (Å²) >= 11 is 1.48. The van der Waals surface area contributed by atoms with Crippen LogP contribution in [0.25, 0.3) is 11.0 Å². The van der Waals surface area contributed by atoms with E-state index < -0.39 is 0 Å². The van der Waals surface area contributed by atoms with Crippen LogP contribution >= 0.6 is 11.8 Å². The number of anilines is 1. The van der Waals surface area contributed by atoms with Crippen molar-refractivity contribution in [2.75, 3.05) is 38.9 Å². The predicted octanol–water partition coefficient (Wildman–Crippen LogP) is 2.82. The summed E-state index contributed by atoms with van der Waals surface area (Å²) in [7, 11) is 3.09. The maximum atomic E-state index is 12.6. The number of nitrogens with zero attached hydrogens (tertiary/aromatic N) is 4. The van der Waals surface area contributed by atoms with Gasteiger partial charge in [-0.15, -0.1) is 0 Å². The molecule has 1 aromatic carbocycles. The first-order chi connectivity index (χ1) is 14.6. The van der Waals surface area contributed by atoms with Crippen molar-refractivity contribution >= 4 is 34.5 Å². The average Bonchev–Trinajstić information content (AvgIpc) is 3.19. The van der Waals surface area contributed by atoms with Crippen LogP contribution in [-0.2, 0) is 6.54 Å². The molecule has 0 unspecified atom stereocenters. The van der Waals surface area contributed by atoms with Gasteiger partial charge in [0.1, 0.15) is 17.3 Å². The van der Waals surface area contributed by atoms with Gasteiger partial charge >= 0.3 is 0 Å². The fraction of sp³-hybridized carbons (Fsp3) is 0.400. The standard InChI is InChI=1S/C20H26N6O3S/c1-5-8-21-17-15-12-23-26(18(15)25-20(24-17)30-4)10-9-22-19(27)14-7-6-13(28-2)11-16(14)29-3/h6-7,11-12H,5,8-10H2,1-4H3,(H,22,27)(H,21,24,25). The van der Waals surface area contributed by atoms with Crippen molar-refractivity contribution in [2.45, 2.75) is 25.0 Å². The highest BCUT2D eigenvalue weighted by atomic mass is 32.2. The number of nitrogens with one attached hydrogen (secondary N) is 2. The summed E-state index contributed by atoms with van der Waals surface area (Å²) in [5, 5.41) is 12.2. The van der Waals surface area contributed by atoms with Crippen LogP contribution in [0.1, 0.15) is 23.7 Å². The molecule has 3 aromatic rings. The first-order valence-corrected chi connectivity index (χ1v) is 10.8. The topological polar surface area (TPSA) is 103 Å². The fourth-order valence-electron chi connectivity index (χ4n) is 2.93. The number of thioether (sulfide) groups is 1. The van der Waals surface area contributed by atoms with E-state index in [1.165, 1.54) is 18.9 Å². The molecule has 0 aliphatic heterocycles. The number of amides is 1. The predicted molar refractivity (Wildman–Crippen MR) is 118 cm³/mol. The Morgan fingerprint density at radius 3 is 2.73 bits per heavy atom. The molecule has 0 atom stereocenters. The maximum Gasteiger partial charge on any atom is 0.255 e. The highest BCUT2D eigenvalue weighted by molar-refractivity contribution is 7.98. The van der Waals surface area contributed by atoms with Gasteiger partial charge in [-0.2, -0.15) is 5.10 Å². The Kier molecular flexibility index (Phi) is 7.34. The molecule has 0 radical (unpaired) electrons. The van der Waals surface area contributed by atoms with Crippen LogP contribution in [0.5, 0.6) is 11.5 Å². The molecule has 10 heteroatoms. The van der Waals surface area contributed by atoms with Gasteiger partial charge in [0.25, 0.3) is 5.91 Å². The van der Waals surface area contributed by atoms with Gasteiger partial charge in [0, 0.05) is 19.2 Å². The van der Waals surface area contributed by atoms with Gasteiger partial charge < -0.3 is 20.1 Å². The molecule has 2 aromatic heterocycles. The minimum absolute atomic E-state index is 0.226. The highest BCUT2D eigenvalue weighted by Crippen LogP contribution is 2.25. The summed E-state index contributed by atoms with van der Waals surface area (Å²) in [6.45, 7) is 3.79. The summed E-state index contributed by atoms with van der Waals surface area (Å²) in [6.07, 6.45) is 4.69. The van der Waals surface area contributed by atoms with E-state index in [1.807, 2.05) is 6.26 Å². The molecule has 0 aliphatic carbocycles. The molecule has 30 heavy (non-hydrogen) atoms. The van der Waals surface area contributed by atoms with Crippen LogP contribution in [0.3, 0.4) is 0 Å². The summed E-state index contributed by atoms with van der Waals surface area (Å²) in [6, 6.07) is 5.09. The van der Waals surface area contributed by atoms with Crippen molar-refractivity contribution in [1.82, 2.24) is 25.1 Å². The van der Waals surface area contributed by atoms with Crippen LogP contribution in [0.15, 0.2) is 29.6 Å². The van der Waals surface area contributed by atoms with E-state index in [1.54, 1.807) is 36.2 Å². The molecule has 0 spiro atoms. The summed E-state index contributed by atoms with van der Waals surface area (Å²) < 4.78 is 12.3. The monoisotopic (exact) mass is 430 g/mol. The number of fused-ring (bicyclic) bond motifs is 1. The number of benzene rings is 1. The third-order valence-electron chi connectivity index (χ3n) is 4.46. The van der Waals surface area contributed by atoms with E-state index in [-0.39, 0.29) is 5.91 Å². The lowest BCUT2D eigenvalue weighted by molar-refractivity contribution is 0.0949. The van der Waals surface area contributed by atoms with Crippen molar-refractivity contribution < 1.29 is 14.3 Å². The van der Waals surface area contributed by atoms with Crippen LogP contribution in [0.4, 0.5) is 5.82 Å². The quantitative estimate of drug-likeness (QED) is 0.374. The summed E-state index contributed by atoms with van der Waals surface area (Å²) in [5.74, 6) is 1.64. The van der Waals surface area contributed by atoms with E-state index >= 15 is 0 Å². The van der Waals surface area contributed by atoms with Crippen LogP contribution in [0, 0.1) is 0 Å². The second-order valence-corrected chi connectivity index (χ2v) is 7.19. The Hall–Kier alpha value is -3.01.